The van der Waals surface area contributed by atoms with E-state index in [0.717, 1.165) is 18.7 Å². The van der Waals surface area contributed by atoms with Gasteiger partial charge in [0, 0.05) is 19.6 Å². The molecule has 1 atom stereocenters. The minimum Gasteiger partial charge on any atom is -0.434 e. The van der Waals surface area contributed by atoms with Crippen molar-refractivity contribution >= 4 is 5.91 Å². The topological polar surface area (TPSA) is 50.8 Å². The van der Waals surface area contributed by atoms with E-state index in [9.17, 15) is 13.6 Å². The summed E-state index contributed by atoms with van der Waals surface area (Å²) < 4.78 is 35.1. The third-order valence-electron chi connectivity index (χ3n) is 4.40. The number of hydrogen-bond donors (Lipinski definition) is 1. The first kappa shape index (κ1) is 19.3. The zero-order valence-electron chi connectivity index (χ0n) is 14.8. The highest BCUT2D eigenvalue weighted by Crippen LogP contribution is 2.22. The number of morpholine rings is 1. The molecule has 0 saturated carbocycles. The molecule has 3 rings (SSSR count). The fourth-order valence-corrected chi connectivity index (χ4v) is 3.05. The molecule has 2 aromatic carbocycles. The van der Waals surface area contributed by atoms with Crippen molar-refractivity contribution in [2.45, 2.75) is 12.7 Å². The lowest BCUT2D eigenvalue weighted by Crippen LogP contribution is -2.43. The van der Waals surface area contributed by atoms with Crippen LogP contribution in [0, 0.1) is 0 Å². The van der Waals surface area contributed by atoms with Gasteiger partial charge in [0.1, 0.15) is 5.75 Å². The summed E-state index contributed by atoms with van der Waals surface area (Å²) >= 11 is 0. The third-order valence-corrected chi connectivity index (χ3v) is 4.40. The van der Waals surface area contributed by atoms with E-state index in [1.165, 1.54) is 12.1 Å². The molecule has 0 bridgehead atoms. The number of para-hydroxylation sites is 1. The van der Waals surface area contributed by atoms with Gasteiger partial charge in [-0.05, 0) is 17.7 Å². The van der Waals surface area contributed by atoms with Gasteiger partial charge in [0.15, 0.2) is 0 Å². The molecule has 0 spiro atoms. The van der Waals surface area contributed by atoms with E-state index in [4.69, 9.17) is 4.74 Å². The Morgan fingerprint density at radius 2 is 1.74 bits per heavy atom. The number of nitrogens with zero attached hydrogens (tertiary/aromatic N) is 1. The smallest absolute Gasteiger partial charge is 0.387 e. The standard InChI is InChI=1S/C20H22F2N2O3/c21-20(22)27-18-9-5-4-8-16(18)19(25)23-17(15-6-2-1-3-7-15)14-24-10-12-26-13-11-24/h1-9,17,20H,10-14H2,(H,23,25). The zero-order chi connectivity index (χ0) is 19.1. The summed E-state index contributed by atoms with van der Waals surface area (Å²) in [5.41, 5.74) is 1.03. The molecule has 144 valence electrons. The molecule has 1 aliphatic heterocycles. The van der Waals surface area contributed by atoms with Crippen LogP contribution in [-0.4, -0.2) is 50.3 Å². The largest absolute Gasteiger partial charge is 0.434 e. The Hall–Kier alpha value is -2.51. The lowest BCUT2D eigenvalue weighted by atomic mass is 10.0. The molecule has 1 saturated heterocycles. The predicted molar refractivity (Wildman–Crippen MR) is 97.0 cm³/mol. The van der Waals surface area contributed by atoms with Gasteiger partial charge in [0.05, 0.1) is 24.8 Å². The summed E-state index contributed by atoms with van der Waals surface area (Å²) in [4.78, 5) is 15.0. The van der Waals surface area contributed by atoms with E-state index in [1.54, 1.807) is 12.1 Å². The number of halogens is 2. The number of ether oxygens (including phenoxy) is 2. The monoisotopic (exact) mass is 376 g/mol. The Bertz CT molecular complexity index is 737. The van der Waals surface area contributed by atoms with Crippen LogP contribution < -0.4 is 10.1 Å². The van der Waals surface area contributed by atoms with Gasteiger partial charge in [-0.3, -0.25) is 9.69 Å². The zero-order valence-corrected chi connectivity index (χ0v) is 14.8. The number of hydrogen-bond acceptors (Lipinski definition) is 4. The number of alkyl halides is 2. The molecule has 0 aliphatic carbocycles. The van der Waals surface area contributed by atoms with Crippen LogP contribution in [0.4, 0.5) is 8.78 Å². The molecular weight excluding hydrogens is 354 g/mol. The van der Waals surface area contributed by atoms with Crippen molar-refractivity contribution in [2.24, 2.45) is 0 Å². The number of benzene rings is 2. The maximum absolute atomic E-state index is 12.8. The molecule has 1 unspecified atom stereocenters. The maximum atomic E-state index is 12.8. The second-order valence-electron chi connectivity index (χ2n) is 6.22. The van der Waals surface area contributed by atoms with E-state index in [0.29, 0.717) is 19.8 Å². The molecule has 1 heterocycles. The van der Waals surface area contributed by atoms with Crippen LogP contribution in [0.5, 0.6) is 5.75 Å². The number of amides is 1. The van der Waals surface area contributed by atoms with Crippen molar-refractivity contribution < 1.29 is 23.0 Å². The third kappa shape index (κ3) is 5.48. The van der Waals surface area contributed by atoms with Crippen molar-refractivity contribution in [2.75, 3.05) is 32.8 Å². The normalized spacial score (nSPS) is 16.1. The van der Waals surface area contributed by atoms with E-state index in [2.05, 4.69) is 15.0 Å². The van der Waals surface area contributed by atoms with Gasteiger partial charge >= 0.3 is 6.61 Å². The lowest BCUT2D eigenvalue weighted by Gasteiger charge is -2.31. The maximum Gasteiger partial charge on any atom is 0.387 e. The average molecular weight is 376 g/mol. The lowest BCUT2D eigenvalue weighted by molar-refractivity contribution is -0.0501. The molecule has 2 aromatic rings. The van der Waals surface area contributed by atoms with E-state index in [-0.39, 0.29) is 17.4 Å². The molecule has 1 aliphatic rings. The Morgan fingerprint density at radius 1 is 1.07 bits per heavy atom. The summed E-state index contributed by atoms with van der Waals surface area (Å²) in [7, 11) is 0. The van der Waals surface area contributed by atoms with Crippen molar-refractivity contribution in [1.29, 1.82) is 0 Å². The van der Waals surface area contributed by atoms with E-state index >= 15 is 0 Å². The van der Waals surface area contributed by atoms with Gasteiger partial charge in [-0.2, -0.15) is 8.78 Å². The minimum atomic E-state index is -2.99. The highest BCUT2D eigenvalue weighted by atomic mass is 19.3. The van der Waals surface area contributed by atoms with Gasteiger partial charge in [-0.25, -0.2) is 0 Å². The van der Waals surface area contributed by atoms with Crippen LogP contribution in [-0.2, 0) is 4.74 Å². The van der Waals surface area contributed by atoms with Crippen molar-refractivity contribution in [3.8, 4) is 5.75 Å². The quantitative estimate of drug-likeness (QED) is 0.807. The Kier molecular flexibility index (Phi) is 6.73. The Balaban J connectivity index is 1.78. The second-order valence-corrected chi connectivity index (χ2v) is 6.22. The molecule has 0 radical (unpaired) electrons. The SMILES string of the molecule is O=C(NC(CN1CCOCC1)c1ccccc1)c1ccccc1OC(F)F. The average Bonchev–Trinajstić information content (AvgIpc) is 2.69. The fourth-order valence-electron chi connectivity index (χ4n) is 3.05. The first-order valence-electron chi connectivity index (χ1n) is 8.83. The number of nitrogens with one attached hydrogen (secondary N) is 1. The summed E-state index contributed by atoms with van der Waals surface area (Å²) in [5.74, 6) is -0.587. The first-order valence-corrected chi connectivity index (χ1v) is 8.83. The molecule has 5 nitrogen and oxygen atoms in total. The summed E-state index contributed by atoms with van der Waals surface area (Å²) in [5, 5.41) is 2.96. The van der Waals surface area contributed by atoms with Gasteiger partial charge in [-0.1, -0.05) is 42.5 Å². The van der Waals surface area contributed by atoms with Crippen LogP contribution in [0.3, 0.4) is 0 Å². The van der Waals surface area contributed by atoms with Gasteiger partial charge < -0.3 is 14.8 Å². The van der Waals surface area contributed by atoms with Crippen LogP contribution >= 0.6 is 0 Å². The number of rotatable bonds is 7. The molecule has 27 heavy (non-hydrogen) atoms. The molecule has 1 amide bonds. The minimum absolute atomic E-state index is 0.0840. The number of carbonyl (C=O) groups excluding carboxylic acids is 1. The highest BCUT2D eigenvalue weighted by Gasteiger charge is 2.22. The van der Waals surface area contributed by atoms with Crippen LogP contribution in [0.15, 0.2) is 54.6 Å². The highest BCUT2D eigenvalue weighted by molar-refractivity contribution is 5.97. The Morgan fingerprint density at radius 3 is 2.44 bits per heavy atom. The first-order chi connectivity index (χ1) is 13.1. The fraction of sp³-hybridized carbons (Fsp3) is 0.350. The van der Waals surface area contributed by atoms with Crippen LogP contribution in [0.25, 0.3) is 0 Å². The van der Waals surface area contributed by atoms with Crippen molar-refractivity contribution in [1.82, 2.24) is 10.2 Å². The summed E-state index contributed by atoms with van der Waals surface area (Å²) in [6.45, 7) is 0.490. The second kappa shape index (κ2) is 9.43. The van der Waals surface area contributed by atoms with Gasteiger partial charge in [-0.15, -0.1) is 0 Å². The van der Waals surface area contributed by atoms with E-state index < -0.39 is 12.5 Å². The Labute approximate surface area is 156 Å². The molecule has 7 heteroatoms. The van der Waals surface area contributed by atoms with Crippen LogP contribution in [0.1, 0.15) is 22.0 Å². The van der Waals surface area contributed by atoms with E-state index in [1.807, 2.05) is 30.3 Å². The summed E-state index contributed by atoms with van der Waals surface area (Å²) in [6.07, 6.45) is 0. The molecule has 0 aromatic heterocycles. The predicted octanol–water partition coefficient (Wildman–Crippen LogP) is 3.09. The molecule has 1 fully saturated rings. The van der Waals surface area contributed by atoms with Crippen molar-refractivity contribution in [3.05, 3.63) is 65.7 Å². The summed E-state index contributed by atoms with van der Waals surface area (Å²) in [6, 6.07) is 15.3. The van der Waals surface area contributed by atoms with Crippen LogP contribution in [0.2, 0.25) is 0 Å². The van der Waals surface area contributed by atoms with Gasteiger partial charge in [0.25, 0.3) is 5.91 Å². The molecule has 1 N–H and O–H groups in total. The number of carbonyl (C=O) groups is 1. The molecular formula is C20H22F2N2O3. The van der Waals surface area contributed by atoms with Crippen molar-refractivity contribution in [3.63, 3.8) is 0 Å². The van der Waals surface area contributed by atoms with Gasteiger partial charge in [0.2, 0.25) is 0 Å².